The maximum Gasteiger partial charge on any atom is 0.125 e. The van der Waals surface area contributed by atoms with E-state index in [0.29, 0.717) is 5.92 Å². The summed E-state index contributed by atoms with van der Waals surface area (Å²) < 4.78 is 0. The molecule has 0 aliphatic heterocycles. The number of allylic oxidation sites excluding steroid dienone is 5. The van der Waals surface area contributed by atoms with E-state index in [1.54, 1.807) is 0 Å². The van der Waals surface area contributed by atoms with Gasteiger partial charge in [-0.05, 0) is 12.0 Å². The van der Waals surface area contributed by atoms with Gasteiger partial charge in [-0.25, -0.2) is 0 Å². The fraction of sp³-hybridized carbons (Fsp3) is 0.357. The van der Waals surface area contributed by atoms with E-state index in [0.717, 1.165) is 0 Å². The molecule has 1 unspecified atom stereocenters. The summed E-state index contributed by atoms with van der Waals surface area (Å²) in [5, 5.41) is 1.35. The monoisotopic (exact) mass is 221 g/mol. The summed E-state index contributed by atoms with van der Waals surface area (Å²) in [5.74, 6) is 2.86. The Labute approximate surface area is 95.5 Å². The molecule has 0 saturated carbocycles. The van der Waals surface area contributed by atoms with Crippen LogP contribution in [0.3, 0.4) is 0 Å². The van der Waals surface area contributed by atoms with Gasteiger partial charge in [0.05, 0.1) is 0 Å². The summed E-state index contributed by atoms with van der Waals surface area (Å²) in [6.45, 7) is 16.3. The Morgan fingerprint density at radius 2 is 1.80 bits per heavy atom. The average Bonchev–Trinajstić information content (AvgIpc) is 2.22. The van der Waals surface area contributed by atoms with Crippen molar-refractivity contribution in [3.05, 3.63) is 48.9 Å². The Kier molecular flexibility index (Phi) is 6.99. The first-order chi connectivity index (χ1) is 7.01. The van der Waals surface area contributed by atoms with Gasteiger partial charge in [0.2, 0.25) is 0 Å². The molecule has 0 spiro atoms. The van der Waals surface area contributed by atoms with Crippen molar-refractivity contribution in [2.24, 2.45) is 5.92 Å². The van der Waals surface area contributed by atoms with E-state index < -0.39 is 0 Å². The van der Waals surface area contributed by atoms with Crippen LogP contribution in [0, 0.1) is 5.92 Å². The number of hydrogen-bond acceptors (Lipinski definition) is 0. The van der Waals surface area contributed by atoms with Gasteiger partial charge in [0.15, 0.2) is 0 Å². The zero-order valence-corrected chi connectivity index (χ0v) is 11.2. The normalized spacial score (nSPS) is 14.3. The van der Waals surface area contributed by atoms with E-state index in [2.05, 4.69) is 58.6 Å². The minimum Gasteiger partial charge on any atom is -0.0983 e. The van der Waals surface area contributed by atoms with E-state index in [-0.39, 0.29) is 7.55 Å². The number of rotatable bonds is 5. The van der Waals surface area contributed by atoms with Crippen LogP contribution in [-0.2, 0) is 0 Å². The molecule has 0 aromatic heterocycles. The molecule has 0 radical (unpaired) electrons. The molecule has 0 aliphatic carbocycles. The molecular formula is C14H22P+. The molecule has 0 fully saturated rings. The highest BCUT2D eigenvalue weighted by molar-refractivity contribution is 7.61. The molecule has 1 atom stereocenters. The van der Waals surface area contributed by atoms with Gasteiger partial charge in [0.25, 0.3) is 0 Å². The first-order valence-corrected chi connectivity index (χ1v) is 7.08. The van der Waals surface area contributed by atoms with E-state index >= 15 is 0 Å². The predicted octanol–water partition coefficient (Wildman–Crippen LogP) is 4.76. The fourth-order valence-electron chi connectivity index (χ4n) is 0.937. The van der Waals surface area contributed by atoms with Crippen molar-refractivity contribution in [2.45, 2.75) is 20.8 Å². The quantitative estimate of drug-likeness (QED) is 0.464. The summed E-state index contributed by atoms with van der Waals surface area (Å²) >= 11 is 0. The molecule has 0 amide bonds. The molecule has 0 heterocycles. The van der Waals surface area contributed by atoms with Gasteiger partial charge in [0, 0.05) is 12.5 Å². The third kappa shape index (κ3) is 6.25. The minimum atomic E-state index is -0.204. The van der Waals surface area contributed by atoms with Crippen molar-refractivity contribution in [2.75, 3.05) is 6.66 Å². The molecule has 1 heteroatoms. The van der Waals surface area contributed by atoms with Crippen LogP contribution in [0.25, 0.3) is 0 Å². The average molecular weight is 221 g/mol. The molecule has 0 N–H and O–H groups in total. The SMILES string of the molecule is C=CC(C)=[P+](C)/C=C(C=C)/C=C/C(C)C. The second kappa shape index (κ2) is 7.43. The molecular weight excluding hydrogens is 199 g/mol. The largest absolute Gasteiger partial charge is 0.125 e. The van der Waals surface area contributed by atoms with Crippen LogP contribution in [0.4, 0.5) is 0 Å². The Hall–Kier alpha value is -0.870. The lowest BCUT2D eigenvalue weighted by Crippen LogP contribution is -1.81. The lowest BCUT2D eigenvalue weighted by molar-refractivity contribution is 0.831. The summed E-state index contributed by atoms with van der Waals surface area (Å²) in [4.78, 5) is 0. The summed E-state index contributed by atoms with van der Waals surface area (Å²) in [7, 11) is -0.204. The third-order valence-corrected chi connectivity index (χ3v) is 4.08. The standard InChI is InChI=1S/C14H22P/c1-7-13(5)15(6)11-14(8-2)10-9-12(3)4/h7-12H,1-2H2,3-6H3/q+1/b10-9+,14-11+. The first kappa shape index (κ1) is 14.1. The summed E-state index contributed by atoms with van der Waals surface area (Å²) in [5.41, 5.74) is 1.21. The number of hydrogen-bond donors (Lipinski definition) is 0. The first-order valence-electron chi connectivity index (χ1n) is 5.22. The summed E-state index contributed by atoms with van der Waals surface area (Å²) in [6.07, 6.45) is 8.19. The lowest BCUT2D eigenvalue weighted by Gasteiger charge is -1.94. The van der Waals surface area contributed by atoms with Crippen molar-refractivity contribution < 1.29 is 0 Å². The smallest absolute Gasteiger partial charge is 0.0983 e. The van der Waals surface area contributed by atoms with E-state index in [4.69, 9.17) is 0 Å². The van der Waals surface area contributed by atoms with Crippen LogP contribution >= 0.6 is 7.55 Å². The molecule has 82 valence electrons. The van der Waals surface area contributed by atoms with Crippen molar-refractivity contribution in [3.63, 3.8) is 0 Å². The van der Waals surface area contributed by atoms with Gasteiger partial charge < -0.3 is 0 Å². The highest BCUT2D eigenvalue weighted by atomic mass is 31.1. The molecule has 0 aromatic rings. The Bertz CT molecular complexity index is 314. The Morgan fingerprint density at radius 3 is 2.20 bits per heavy atom. The van der Waals surface area contributed by atoms with Crippen LogP contribution in [-0.4, -0.2) is 12.0 Å². The second-order valence-corrected chi connectivity index (χ2v) is 6.08. The molecule has 0 rings (SSSR count). The van der Waals surface area contributed by atoms with Crippen molar-refractivity contribution in [1.29, 1.82) is 0 Å². The van der Waals surface area contributed by atoms with Crippen LogP contribution in [0.2, 0.25) is 0 Å². The van der Waals surface area contributed by atoms with Gasteiger partial charge in [-0.2, -0.15) is 0 Å². The maximum absolute atomic E-state index is 3.83. The van der Waals surface area contributed by atoms with Gasteiger partial charge in [-0.15, -0.1) is 0 Å². The van der Waals surface area contributed by atoms with Crippen molar-refractivity contribution >= 4 is 12.8 Å². The molecule has 0 bridgehead atoms. The second-order valence-electron chi connectivity index (χ2n) is 3.89. The van der Waals surface area contributed by atoms with Gasteiger partial charge in [-0.1, -0.05) is 45.2 Å². The van der Waals surface area contributed by atoms with Gasteiger partial charge >= 0.3 is 0 Å². The zero-order valence-electron chi connectivity index (χ0n) is 10.3. The van der Waals surface area contributed by atoms with E-state index in [1.165, 1.54) is 10.9 Å². The van der Waals surface area contributed by atoms with E-state index in [9.17, 15) is 0 Å². The predicted molar refractivity (Wildman–Crippen MR) is 76.0 cm³/mol. The Balaban J connectivity index is 4.90. The van der Waals surface area contributed by atoms with Crippen molar-refractivity contribution in [3.8, 4) is 0 Å². The van der Waals surface area contributed by atoms with Crippen molar-refractivity contribution in [1.82, 2.24) is 0 Å². The molecule has 0 nitrogen and oxygen atoms in total. The highest BCUT2D eigenvalue weighted by Crippen LogP contribution is 2.25. The zero-order chi connectivity index (χ0) is 11.8. The summed E-state index contributed by atoms with van der Waals surface area (Å²) in [6, 6.07) is 0. The molecule has 15 heavy (non-hydrogen) atoms. The lowest BCUT2D eigenvalue weighted by atomic mass is 10.1. The van der Waals surface area contributed by atoms with Gasteiger partial charge in [-0.3, -0.25) is 0 Å². The Morgan fingerprint density at radius 1 is 1.20 bits per heavy atom. The minimum absolute atomic E-state index is 0.204. The molecule has 0 saturated heterocycles. The molecule has 0 aromatic carbocycles. The topological polar surface area (TPSA) is 0 Å². The van der Waals surface area contributed by atoms with Crippen LogP contribution in [0.5, 0.6) is 0 Å². The van der Waals surface area contributed by atoms with Gasteiger partial charge in [0.1, 0.15) is 25.3 Å². The van der Waals surface area contributed by atoms with Crippen LogP contribution in [0.15, 0.2) is 48.9 Å². The third-order valence-electron chi connectivity index (χ3n) is 2.10. The van der Waals surface area contributed by atoms with Crippen LogP contribution in [0.1, 0.15) is 20.8 Å². The molecule has 0 aliphatic rings. The fourth-order valence-corrected chi connectivity index (χ4v) is 2.07. The maximum atomic E-state index is 3.83. The highest BCUT2D eigenvalue weighted by Gasteiger charge is 2.02. The van der Waals surface area contributed by atoms with E-state index in [1.807, 2.05) is 12.2 Å². The van der Waals surface area contributed by atoms with Crippen LogP contribution < -0.4 is 0 Å².